The molecule has 6 nitrogen and oxygen atoms in total. The molecule has 0 bridgehead atoms. The van der Waals surface area contributed by atoms with Gasteiger partial charge in [-0.05, 0) is 13.0 Å². The molecule has 1 aromatic heterocycles. The van der Waals surface area contributed by atoms with Crippen molar-refractivity contribution in [3.8, 4) is 0 Å². The van der Waals surface area contributed by atoms with Gasteiger partial charge in [-0.2, -0.15) is 0 Å². The van der Waals surface area contributed by atoms with Crippen molar-refractivity contribution in [1.29, 1.82) is 0 Å². The molecule has 1 aromatic rings. The number of aryl methyl sites for hydroxylation is 1. The minimum Gasteiger partial charge on any atom is -0.290 e. The maximum atomic E-state index is 11.7. The number of anilines is 1. The second kappa shape index (κ2) is 4.40. The third-order valence-electron chi connectivity index (χ3n) is 2.52. The summed E-state index contributed by atoms with van der Waals surface area (Å²) in [7, 11) is 0. The Bertz CT molecular complexity index is 492. The molecule has 1 amide bonds. The highest BCUT2D eigenvalue weighted by Gasteiger charge is 2.34. The van der Waals surface area contributed by atoms with E-state index >= 15 is 0 Å². The minimum atomic E-state index is -0.517. The monoisotopic (exact) mass is 299 g/mol. The average Bonchev–Trinajstić information content (AvgIpc) is 2.57. The van der Waals surface area contributed by atoms with Crippen LogP contribution in [0.25, 0.3) is 0 Å². The lowest BCUT2D eigenvalue weighted by Crippen LogP contribution is -2.26. The fourth-order valence-corrected chi connectivity index (χ4v) is 2.31. The summed E-state index contributed by atoms with van der Waals surface area (Å²) in [6.07, 6.45) is 0.340. The van der Waals surface area contributed by atoms with Crippen molar-refractivity contribution in [2.24, 2.45) is 0 Å². The van der Waals surface area contributed by atoms with E-state index in [0.29, 0.717) is 18.7 Å². The van der Waals surface area contributed by atoms with Crippen molar-refractivity contribution in [1.82, 2.24) is 4.98 Å². The first-order valence-corrected chi connectivity index (χ1v) is 5.97. The summed E-state index contributed by atoms with van der Waals surface area (Å²) in [5.74, 6) is -0.00461. The summed E-state index contributed by atoms with van der Waals surface area (Å²) in [5, 5.41) is 10.9. The molecule has 0 aromatic carbocycles. The summed E-state index contributed by atoms with van der Waals surface area (Å²) < 4.78 is 0. The molecule has 7 heteroatoms. The third kappa shape index (κ3) is 2.28. The molecule has 1 unspecified atom stereocenters. The minimum absolute atomic E-state index is 0.0249. The fraction of sp³-hybridized carbons (Fsp3) is 0.400. The second-order valence-corrected chi connectivity index (χ2v) is 5.15. The number of pyridine rings is 1. The van der Waals surface area contributed by atoms with Gasteiger partial charge in [-0.1, -0.05) is 15.9 Å². The van der Waals surface area contributed by atoms with Crippen LogP contribution in [0.15, 0.2) is 12.1 Å². The Morgan fingerprint density at radius 3 is 2.82 bits per heavy atom. The van der Waals surface area contributed by atoms with Crippen molar-refractivity contribution in [3.05, 3.63) is 27.9 Å². The molecule has 0 aliphatic carbocycles. The predicted molar refractivity (Wildman–Crippen MR) is 65.3 cm³/mol. The van der Waals surface area contributed by atoms with Gasteiger partial charge in [0, 0.05) is 29.6 Å². The van der Waals surface area contributed by atoms with Gasteiger partial charge in [0.1, 0.15) is 0 Å². The molecular weight excluding hydrogens is 290 g/mol. The Balaban J connectivity index is 2.46. The molecule has 2 rings (SSSR count). The van der Waals surface area contributed by atoms with Crippen molar-refractivity contribution < 1.29 is 9.72 Å². The topological polar surface area (TPSA) is 76.3 Å². The van der Waals surface area contributed by atoms with Gasteiger partial charge in [-0.3, -0.25) is 19.8 Å². The van der Waals surface area contributed by atoms with Gasteiger partial charge < -0.3 is 0 Å². The Labute approximate surface area is 106 Å². The van der Waals surface area contributed by atoms with Crippen LogP contribution >= 0.6 is 15.9 Å². The van der Waals surface area contributed by atoms with Gasteiger partial charge in [-0.25, -0.2) is 4.98 Å². The number of halogens is 1. The number of nitrogens with zero attached hydrogens (tertiary/aromatic N) is 3. The standard InChI is InChI=1S/C10H10BrN3O3/c1-6-2-3-8(14(16)17)10(12-6)13-5-7(11)4-9(13)15/h2-3,7H,4-5H2,1H3. The van der Waals surface area contributed by atoms with Crippen molar-refractivity contribution in [2.75, 3.05) is 11.4 Å². The average molecular weight is 300 g/mol. The van der Waals surface area contributed by atoms with Crippen LogP contribution < -0.4 is 4.90 Å². The lowest BCUT2D eigenvalue weighted by Gasteiger charge is -2.14. The van der Waals surface area contributed by atoms with Crippen LogP contribution in [-0.4, -0.2) is 27.2 Å². The number of aromatic nitrogens is 1. The SMILES string of the molecule is Cc1ccc([N+](=O)[O-])c(N2CC(Br)CC2=O)n1. The van der Waals surface area contributed by atoms with Crippen LogP contribution in [0.2, 0.25) is 0 Å². The lowest BCUT2D eigenvalue weighted by atomic mass is 10.3. The summed E-state index contributed by atoms with van der Waals surface area (Å²) in [4.78, 5) is 27.6. The van der Waals surface area contributed by atoms with Gasteiger partial charge in [0.15, 0.2) is 0 Å². The summed E-state index contributed by atoms with van der Waals surface area (Å²) >= 11 is 3.34. The fourth-order valence-electron chi connectivity index (χ4n) is 1.75. The predicted octanol–water partition coefficient (Wildman–Crippen LogP) is 1.80. The molecule has 17 heavy (non-hydrogen) atoms. The number of nitro groups is 1. The molecule has 0 radical (unpaired) electrons. The van der Waals surface area contributed by atoms with E-state index in [1.807, 2.05) is 0 Å². The first-order chi connectivity index (χ1) is 7.99. The summed E-state index contributed by atoms with van der Waals surface area (Å²) in [6.45, 7) is 2.15. The first-order valence-electron chi connectivity index (χ1n) is 5.05. The highest BCUT2D eigenvalue weighted by Crippen LogP contribution is 2.31. The highest BCUT2D eigenvalue weighted by atomic mass is 79.9. The van der Waals surface area contributed by atoms with E-state index in [1.54, 1.807) is 13.0 Å². The molecule has 0 N–H and O–H groups in total. The number of hydrogen-bond donors (Lipinski definition) is 0. The Hall–Kier alpha value is -1.50. The summed E-state index contributed by atoms with van der Waals surface area (Å²) in [5.41, 5.74) is 0.516. The van der Waals surface area contributed by atoms with Gasteiger partial charge in [-0.15, -0.1) is 0 Å². The van der Waals surface area contributed by atoms with Crippen LogP contribution in [0.5, 0.6) is 0 Å². The maximum absolute atomic E-state index is 11.7. The lowest BCUT2D eigenvalue weighted by molar-refractivity contribution is -0.384. The van der Waals surface area contributed by atoms with E-state index in [2.05, 4.69) is 20.9 Å². The van der Waals surface area contributed by atoms with Crippen molar-refractivity contribution in [3.63, 3.8) is 0 Å². The first kappa shape index (κ1) is 12.0. The molecule has 0 spiro atoms. The van der Waals surface area contributed by atoms with Crippen molar-refractivity contribution >= 4 is 33.3 Å². The van der Waals surface area contributed by atoms with E-state index < -0.39 is 4.92 Å². The number of hydrogen-bond acceptors (Lipinski definition) is 4. The zero-order chi connectivity index (χ0) is 12.6. The number of amides is 1. The molecule has 2 heterocycles. The quantitative estimate of drug-likeness (QED) is 0.474. The summed E-state index contributed by atoms with van der Waals surface area (Å²) in [6, 6.07) is 2.94. The van der Waals surface area contributed by atoms with Gasteiger partial charge >= 0.3 is 5.69 Å². The molecule has 0 saturated carbocycles. The molecule has 1 atom stereocenters. The number of carbonyl (C=O) groups is 1. The zero-order valence-corrected chi connectivity index (χ0v) is 10.7. The highest BCUT2D eigenvalue weighted by molar-refractivity contribution is 9.09. The second-order valence-electron chi connectivity index (χ2n) is 3.86. The Morgan fingerprint density at radius 1 is 1.59 bits per heavy atom. The molecule has 1 saturated heterocycles. The molecule has 1 fully saturated rings. The van der Waals surface area contributed by atoms with E-state index in [0.717, 1.165) is 0 Å². The normalized spacial score (nSPS) is 19.8. The molecular formula is C10H10BrN3O3. The molecule has 90 valence electrons. The maximum Gasteiger partial charge on any atom is 0.312 e. The number of alkyl halides is 1. The van der Waals surface area contributed by atoms with E-state index in [1.165, 1.54) is 11.0 Å². The Morgan fingerprint density at radius 2 is 2.29 bits per heavy atom. The molecule has 1 aliphatic rings. The Kier molecular flexibility index (Phi) is 3.10. The third-order valence-corrected chi connectivity index (χ3v) is 3.14. The van der Waals surface area contributed by atoms with Crippen LogP contribution in [0.3, 0.4) is 0 Å². The van der Waals surface area contributed by atoms with Crippen LogP contribution in [0.1, 0.15) is 12.1 Å². The van der Waals surface area contributed by atoms with E-state index in [4.69, 9.17) is 0 Å². The van der Waals surface area contributed by atoms with Crippen molar-refractivity contribution in [2.45, 2.75) is 18.2 Å². The number of carbonyl (C=O) groups excluding carboxylic acids is 1. The van der Waals surface area contributed by atoms with E-state index in [-0.39, 0.29) is 22.2 Å². The number of rotatable bonds is 2. The largest absolute Gasteiger partial charge is 0.312 e. The van der Waals surface area contributed by atoms with Gasteiger partial charge in [0.25, 0.3) is 0 Å². The smallest absolute Gasteiger partial charge is 0.290 e. The van der Waals surface area contributed by atoms with Gasteiger partial charge in [0.2, 0.25) is 11.7 Å². The van der Waals surface area contributed by atoms with Crippen LogP contribution in [0, 0.1) is 17.0 Å². The van der Waals surface area contributed by atoms with Gasteiger partial charge in [0.05, 0.1) is 4.92 Å². The molecule has 1 aliphatic heterocycles. The van der Waals surface area contributed by atoms with E-state index in [9.17, 15) is 14.9 Å². The van der Waals surface area contributed by atoms with Crippen LogP contribution in [0.4, 0.5) is 11.5 Å². The van der Waals surface area contributed by atoms with Crippen LogP contribution in [-0.2, 0) is 4.79 Å². The zero-order valence-electron chi connectivity index (χ0n) is 9.09.